The Labute approximate surface area is 74.2 Å². The van der Waals surface area contributed by atoms with Crippen molar-refractivity contribution in [3.05, 3.63) is 11.8 Å². The lowest BCUT2D eigenvalue weighted by Crippen LogP contribution is -2.23. The quantitative estimate of drug-likeness (QED) is 0.353. The summed E-state index contributed by atoms with van der Waals surface area (Å²) in [4.78, 5) is 10.6. The lowest BCUT2D eigenvalue weighted by Gasteiger charge is -2.03. The molecule has 0 saturated heterocycles. The number of hydrogen-bond donors (Lipinski definition) is 4. The predicted molar refractivity (Wildman–Crippen MR) is 47.4 cm³/mol. The number of aromatic nitrogens is 2. The summed E-state index contributed by atoms with van der Waals surface area (Å²) in [6, 6.07) is -0.717. The van der Waals surface area contributed by atoms with E-state index in [4.69, 9.17) is 16.9 Å². The largest absolute Gasteiger partial charge is 0.384 e. The summed E-state index contributed by atoms with van der Waals surface area (Å²) in [5.74, 6) is 0.150. The summed E-state index contributed by atoms with van der Waals surface area (Å²) in [6.45, 7) is 0. The van der Waals surface area contributed by atoms with Crippen molar-refractivity contribution in [3.63, 3.8) is 0 Å². The van der Waals surface area contributed by atoms with Crippen LogP contribution in [0, 0.1) is 5.41 Å². The van der Waals surface area contributed by atoms with E-state index in [0.29, 0.717) is 11.4 Å². The molecule has 7 nitrogen and oxygen atoms in total. The maximum Gasteiger partial charge on any atom is 0.317 e. The van der Waals surface area contributed by atoms with Crippen molar-refractivity contribution in [2.45, 2.75) is 0 Å². The number of carbonyl (C=O) groups excluding carboxylic acids is 1. The van der Waals surface area contributed by atoms with Crippen molar-refractivity contribution in [2.75, 3.05) is 5.32 Å². The predicted octanol–water partition coefficient (Wildman–Crippen LogP) is -0.805. The zero-order valence-corrected chi connectivity index (χ0v) is 7.03. The Bertz CT molecular complexity index is 354. The number of rotatable bonds is 2. The van der Waals surface area contributed by atoms with E-state index in [9.17, 15) is 4.79 Å². The minimum Gasteiger partial charge on any atom is -0.384 e. The van der Waals surface area contributed by atoms with E-state index in [1.54, 1.807) is 7.05 Å². The first kappa shape index (κ1) is 9.04. The van der Waals surface area contributed by atoms with Gasteiger partial charge in [0.1, 0.15) is 11.7 Å². The maximum atomic E-state index is 10.6. The van der Waals surface area contributed by atoms with Crippen molar-refractivity contribution >= 4 is 17.7 Å². The van der Waals surface area contributed by atoms with Crippen LogP contribution < -0.4 is 16.8 Å². The molecule has 6 N–H and O–H groups in total. The molecule has 0 saturated carbocycles. The van der Waals surface area contributed by atoms with Crippen LogP contribution in [-0.2, 0) is 7.05 Å². The van der Waals surface area contributed by atoms with Crippen molar-refractivity contribution in [3.8, 4) is 0 Å². The summed E-state index contributed by atoms with van der Waals surface area (Å²) in [5.41, 5.74) is 10.5. The molecule has 7 heteroatoms. The van der Waals surface area contributed by atoms with Crippen molar-refractivity contribution in [1.82, 2.24) is 9.78 Å². The van der Waals surface area contributed by atoms with Crippen LogP contribution in [0.1, 0.15) is 5.56 Å². The molecule has 0 aromatic carbocycles. The van der Waals surface area contributed by atoms with Crippen LogP contribution in [0.5, 0.6) is 0 Å². The van der Waals surface area contributed by atoms with Gasteiger partial charge in [-0.3, -0.25) is 15.4 Å². The number of urea groups is 1. The standard InChI is InChI=1S/C6H10N6O/c1-12-5(11-6(9)13)3(2-10-12)4(7)8/h2H,1H3,(H3,7,8)(H3,9,11,13). The van der Waals surface area contributed by atoms with Crippen LogP contribution in [-0.4, -0.2) is 21.6 Å². The molecule has 0 bridgehead atoms. The van der Waals surface area contributed by atoms with Gasteiger partial charge in [-0.05, 0) is 0 Å². The highest BCUT2D eigenvalue weighted by molar-refractivity contribution is 6.02. The summed E-state index contributed by atoms with van der Waals surface area (Å²) >= 11 is 0. The van der Waals surface area contributed by atoms with Gasteiger partial charge in [-0.1, -0.05) is 0 Å². The SMILES string of the molecule is Cn1ncc(C(=N)N)c1NC(N)=O. The molecule has 1 rings (SSSR count). The highest BCUT2D eigenvalue weighted by Crippen LogP contribution is 2.12. The summed E-state index contributed by atoms with van der Waals surface area (Å²) in [7, 11) is 1.61. The third kappa shape index (κ3) is 1.75. The second kappa shape index (κ2) is 3.13. The van der Waals surface area contributed by atoms with Gasteiger partial charge in [-0.25, -0.2) is 4.79 Å². The molecule has 1 heterocycles. The van der Waals surface area contributed by atoms with Gasteiger partial charge < -0.3 is 11.5 Å². The van der Waals surface area contributed by atoms with Crippen LogP contribution >= 0.6 is 0 Å². The fraction of sp³-hybridized carbons (Fsp3) is 0.167. The molecule has 0 aliphatic carbocycles. The molecule has 2 amide bonds. The van der Waals surface area contributed by atoms with Gasteiger partial charge >= 0.3 is 6.03 Å². The summed E-state index contributed by atoms with van der Waals surface area (Å²) in [6.07, 6.45) is 1.38. The minimum absolute atomic E-state index is 0.170. The zero-order chi connectivity index (χ0) is 10.0. The number of nitrogens with one attached hydrogen (secondary N) is 2. The lowest BCUT2D eigenvalue weighted by atomic mass is 10.3. The highest BCUT2D eigenvalue weighted by atomic mass is 16.2. The van der Waals surface area contributed by atoms with Crippen LogP contribution in [0.4, 0.5) is 10.6 Å². The fourth-order valence-corrected chi connectivity index (χ4v) is 0.900. The molecule has 0 fully saturated rings. The fourth-order valence-electron chi connectivity index (χ4n) is 0.900. The molecule has 0 unspecified atom stereocenters. The number of amides is 2. The Morgan fingerprint density at radius 1 is 1.69 bits per heavy atom. The molecule has 0 aliphatic rings. The number of amidine groups is 1. The van der Waals surface area contributed by atoms with Crippen molar-refractivity contribution < 1.29 is 4.79 Å². The van der Waals surface area contributed by atoms with Gasteiger partial charge in [0.05, 0.1) is 11.8 Å². The normalized spacial score (nSPS) is 9.62. The highest BCUT2D eigenvalue weighted by Gasteiger charge is 2.11. The number of aryl methyl sites for hydroxylation is 1. The first-order chi connectivity index (χ1) is 6.02. The Morgan fingerprint density at radius 2 is 2.31 bits per heavy atom. The molecule has 13 heavy (non-hydrogen) atoms. The number of primary amides is 1. The first-order valence-electron chi connectivity index (χ1n) is 3.45. The number of anilines is 1. The van der Waals surface area contributed by atoms with E-state index < -0.39 is 6.03 Å². The third-order valence-corrected chi connectivity index (χ3v) is 1.47. The van der Waals surface area contributed by atoms with Gasteiger partial charge in [-0.15, -0.1) is 0 Å². The average Bonchev–Trinajstić information content (AvgIpc) is 2.32. The molecule has 1 aromatic heterocycles. The second-order valence-electron chi connectivity index (χ2n) is 2.43. The van der Waals surface area contributed by atoms with Gasteiger partial charge in [-0.2, -0.15) is 5.10 Å². The van der Waals surface area contributed by atoms with E-state index in [1.807, 2.05) is 0 Å². The summed E-state index contributed by atoms with van der Waals surface area (Å²) < 4.78 is 1.38. The molecule has 1 aromatic rings. The molecular weight excluding hydrogens is 172 g/mol. The van der Waals surface area contributed by atoms with E-state index in [2.05, 4.69) is 10.4 Å². The number of hydrogen-bond acceptors (Lipinski definition) is 3. The van der Waals surface area contributed by atoms with Gasteiger partial charge in [0.15, 0.2) is 0 Å². The van der Waals surface area contributed by atoms with Crippen molar-refractivity contribution in [2.24, 2.45) is 18.5 Å². The average molecular weight is 182 g/mol. The van der Waals surface area contributed by atoms with E-state index in [0.717, 1.165) is 0 Å². The molecule has 70 valence electrons. The molecule has 0 spiro atoms. The third-order valence-electron chi connectivity index (χ3n) is 1.47. The number of carbonyl (C=O) groups is 1. The van der Waals surface area contributed by atoms with Gasteiger partial charge in [0, 0.05) is 7.05 Å². The van der Waals surface area contributed by atoms with Crippen LogP contribution in [0.25, 0.3) is 0 Å². The van der Waals surface area contributed by atoms with Gasteiger partial charge in [0.25, 0.3) is 0 Å². The molecule has 0 aliphatic heterocycles. The molecular formula is C6H10N6O. The van der Waals surface area contributed by atoms with E-state index in [1.165, 1.54) is 10.9 Å². The Kier molecular flexibility index (Phi) is 2.18. The smallest absolute Gasteiger partial charge is 0.317 e. The topological polar surface area (TPSA) is 123 Å². The van der Waals surface area contributed by atoms with Gasteiger partial charge in [0.2, 0.25) is 0 Å². The van der Waals surface area contributed by atoms with E-state index >= 15 is 0 Å². The first-order valence-corrected chi connectivity index (χ1v) is 3.45. The van der Waals surface area contributed by atoms with Crippen LogP contribution in [0.15, 0.2) is 6.20 Å². The summed E-state index contributed by atoms with van der Waals surface area (Å²) in [5, 5.41) is 13.3. The monoisotopic (exact) mass is 182 g/mol. The Balaban J connectivity index is 3.08. The lowest BCUT2D eigenvalue weighted by molar-refractivity contribution is 0.259. The van der Waals surface area contributed by atoms with E-state index in [-0.39, 0.29) is 5.84 Å². The number of nitrogen functional groups attached to an aromatic ring is 1. The Hall–Kier alpha value is -2.05. The zero-order valence-electron chi connectivity index (χ0n) is 7.03. The van der Waals surface area contributed by atoms with Crippen molar-refractivity contribution in [1.29, 1.82) is 5.41 Å². The Morgan fingerprint density at radius 3 is 2.77 bits per heavy atom. The maximum absolute atomic E-state index is 10.6. The molecule has 0 atom stereocenters. The molecule has 0 radical (unpaired) electrons. The number of nitrogens with two attached hydrogens (primary N) is 2. The second-order valence-corrected chi connectivity index (χ2v) is 2.43. The number of nitrogens with zero attached hydrogens (tertiary/aromatic N) is 2. The van der Waals surface area contributed by atoms with Crippen LogP contribution in [0.2, 0.25) is 0 Å². The minimum atomic E-state index is -0.717. The van der Waals surface area contributed by atoms with Crippen LogP contribution in [0.3, 0.4) is 0 Å².